The third kappa shape index (κ3) is 5.23. The van der Waals surface area contributed by atoms with Crippen LogP contribution in [0.2, 0.25) is 0 Å². The highest BCUT2D eigenvalue weighted by molar-refractivity contribution is 7.92. The van der Waals surface area contributed by atoms with Crippen molar-refractivity contribution in [3.63, 3.8) is 0 Å². The molecular formula is C17H26N2O3S. The first-order chi connectivity index (χ1) is 10.9. The van der Waals surface area contributed by atoms with Gasteiger partial charge in [0.25, 0.3) is 0 Å². The summed E-state index contributed by atoms with van der Waals surface area (Å²) in [4.78, 5) is 13.5. The molecule has 1 aromatic carbocycles. The predicted molar refractivity (Wildman–Crippen MR) is 92.1 cm³/mol. The minimum atomic E-state index is -3.07. The molecule has 0 spiro atoms. The van der Waals surface area contributed by atoms with E-state index in [1.165, 1.54) is 5.56 Å². The Bertz CT molecular complexity index is 608. The summed E-state index contributed by atoms with van der Waals surface area (Å²) >= 11 is 0. The molecule has 0 aromatic heterocycles. The molecule has 1 aliphatic rings. The van der Waals surface area contributed by atoms with Gasteiger partial charge < -0.3 is 10.2 Å². The van der Waals surface area contributed by atoms with Crippen LogP contribution in [-0.2, 0) is 16.3 Å². The third-order valence-electron chi connectivity index (χ3n) is 3.97. The van der Waals surface area contributed by atoms with Crippen LogP contribution in [0.1, 0.15) is 25.8 Å². The number of likely N-dealkylation sites (tertiary alicyclic amines) is 1. The lowest BCUT2D eigenvalue weighted by Crippen LogP contribution is -2.60. The zero-order valence-electron chi connectivity index (χ0n) is 13.9. The van der Waals surface area contributed by atoms with Crippen LogP contribution in [-0.4, -0.2) is 50.0 Å². The maximum Gasteiger partial charge on any atom is 0.317 e. The molecule has 0 radical (unpaired) electrons. The number of carbonyl (C=O) groups excluding carboxylic acids is 1. The first kappa shape index (κ1) is 17.8. The van der Waals surface area contributed by atoms with Gasteiger partial charge in [0.15, 0.2) is 9.84 Å². The number of nitrogens with one attached hydrogen (secondary N) is 1. The molecule has 128 valence electrons. The van der Waals surface area contributed by atoms with Crippen LogP contribution in [0.15, 0.2) is 30.3 Å². The van der Waals surface area contributed by atoms with Crippen molar-refractivity contribution in [2.24, 2.45) is 5.92 Å². The number of sulfone groups is 1. The van der Waals surface area contributed by atoms with E-state index in [0.29, 0.717) is 19.6 Å². The van der Waals surface area contributed by atoms with E-state index >= 15 is 0 Å². The molecule has 2 amide bonds. The smallest absolute Gasteiger partial charge is 0.317 e. The first-order valence-corrected chi connectivity index (χ1v) is 9.88. The van der Waals surface area contributed by atoms with Gasteiger partial charge >= 0.3 is 6.03 Å². The normalized spacial score (nSPS) is 15.5. The Balaban J connectivity index is 1.65. The number of nitrogens with zero attached hydrogens (tertiary/aromatic N) is 1. The molecule has 0 aliphatic carbocycles. The lowest BCUT2D eigenvalue weighted by atomic mass is 10.1. The molecule has 6 heteroatoms. The average molecular weight is 338 g/mol. The highest BCUT2D eigenvalue weighted by Gasteiger charge is 2.39. The molecule has 0 bridgehead atoms. The van der Waals surface area contributed by atoms with E-state index in [4.69, 9.17) is 0 Å². The van der Waals surface area contributed by atoms with Crippen molar-refractivity contribution < 1.29 is 13.2 Å². The van der Waals surface area contributed by atoms with Gasteiger partial charge in [-0.05, 0) is 24.3 Å². The van der Waals surface area contributed by atoms with E-state index in [-0.39, 0.29) is 23.0 Å². The molecule has 1 N–H and O–H groups in total. The number of hydrogen-bond acceptors (Lipinski definition) is 3. The summed E-state index contributed by atoms with van der Waals surface area (Å²) in [5.74, 6) is 0.324. The van der Waals surface area contributed by atoms with Crippen molar-refractivity contribution >= 4 is 15.9 Å². The minimum absolute atomic E-state index is 0.126. The summed E-state index contributed by atoms with van der Waals surface area (Å²) in [5, 5.41) is 2.47. The lowest BCUT2D eigenvalue weighted by molar-refractivity contribution is 0.169. The molecule has 0 unspecified atom stereocenters. The third-order valence-corrected chi connectivity index (χ3v) is 6.42. The van der Waals surface area contributed by atoms with Crippen LogP contribution in [0.25, 0.3) is 0 Å². The van der Waals surface area contributed by atoms with Crippen LogP contribution in [0, 0.1) is 5.92 Å². The molecule has 0 atom stereocenters. The van der Waals surface area contributed by atoms with Gasteiger partial charge in [0.1, 0.15) is 0 Å². The van der Waals surface area contributed by atoms with Crippen LogP contribution >= 0.6 is 0 Å². The van der Waals surface area contributed by atoms with Crippen LogP contribution in [0.3, 0.4) is 0 Å². The van der Waals surface area contributed by atoms with E-state index in [9.17, 15) is 13.2 Å². The van der Waals surface area contributed by atoms with Gasteiger partial charge in [-0.15, -0.1) is 0 Å². The number of hydrogen-bond donors (Lipinski definition) is 1. The quantitative estimate of drug-likeness (QED) is 0.774. The Morgan fingerprint density at radius 1 is 1.26 bits per heavy atom. The monoisotopic (exact) mass is 338 g/mol. The first-order valence-electron chi connectivity index (χ1n) is 8.17. The van der Waals surface area contributed by atoms with E-state index in [1.54, 1.807) is 4.90 Å². The number of benzene rings is 1. The molecule has 1 fully saturated rings. The minimum Gasteiger partial charge on any atom is -0.338 e. The van der Waals surface area contributed by atoms with Gasteiger partial charge in [0.2, 0.25) is 0 Å². The number of rotatable bonds is 7. The number of amides is 2. The Kier molecular flexibility index (Phi) is 6.04. The summed E-state index contributed by atoms with van der Waals surface area (Å²) in [6, 6.07) is 9.98. The molecule has 1 saturated heterocycles. The van der Waals surface area contributed by atoms with Gasteiger partial charge in [-0.2, -0.15) is 0 Å². The molecular weight excluding hydrogens is 312 g/mol. The van der Waals surface area contributed by atoms with Crippen LogP contribution < -0.4 is 5.32 Å². The standard InChI is InChI=1S/C17H26N2O3S/c1-14(2)13-23(21,22)16-11-19(12-16)17(20)18-10-6-9-15-7-4-3-5-8-15/h3-5,7-8,14,16H,6,9-13H2,1-2H3,(H,18,20). The Morgan fingerprint density at radius 3 is 2.52 bits per heavy atom. The van der Waals surface area contributed by atoms with E-state index < -0.39 is 9.84 Å². The highest BCUT2D eigenvalue weighted by atomic mass is 32.2. The van der Waals surface area contributed by atoms with Crippen molar-refractivity contribution in [1.29, 1.82) is 0 Å². The fourth-order valence-corrected chi connectivity index (χ4v) is 4.69. The average Bonchev–Trinajstić information content (AvgIpc) is 2.41. The van der Waals surface area contributed by atoms with Gasteiger partial charge in [0.05, 0.1) is 11.0 Å². The molecule has 1 aliphatic heterocycles. The van der Waals surface area contributed by atoms with Crippen molar-refractivity contribution in [3.8, 4) is 0 Å². The number of aryl methyl sites for hydroxylation is 1. The fraction of sp³-hybridized carbons (Fsp3) is 0.588. The largest absolute Gasteiger partial charge is 0.338 e. The van der Waals surface area contributed by atoms with Gasteiger partial charge in [-0.3, -0.25) is 0 Å². The topological polar surface area (TPSA) is 66.5 Å². The van der Waals surface area contributed by atoms with E-state index in [1.807, 2.05) is 32.0 Å². The zero-order valence-corrected chi connectivity index (χ0v) is 14.7. The lowest BCUT2D eigenvalue weighted by Gasteiger charge is -2.38. The zero-order chi connectivity index (χ0) is 16.9. The number of carbonyl (C=O) groups is 1. The second-order valence-electron chi connectivity index (χ2n) is 6.57. The second kappa shape index (κ2) is 7.81. The Morgan fingerprint density at radius 2 is 1.91 bits per heavy atom. The predicted octanol–water partition coefficient (Wildman–Crippen LogP) is 2.08. The van der Waals surface area contributed by atoms with Crippen LogP contribution in [0.4, 0.5) is 4.79 Å². The SMILES string of the molecule is CC(C)CS(=O)(=O)C1CN(C(=O)NCCCc2ccccc2)C1. The number of urea groups is 1. The highest BCUT2D eigenvalue weighted by Crippen LogP contribution is 2.19. The van der Waals surface area contributed by atoms with Crippen molar-refractivity contribution in [2.75, 3.05) is 25.4 Å². The summed E-state index contributed by atoms with van der Waals surface area (Å²) < 4.78 is 24.1. The van der Waals surface area contributed by atoms with E-state index in [2.05, 4.69) is 17.4 Å². The van der Waals surface area contributed by atoms with E-state index in [0.717, 1.165) is 12.8 Å². The van der Waals surface area contributed by atoms with Crippen molar-refractivity contribution in [2.45, 2.75) is 31.9 Å². The molecule has 1 aromatic rings. The summed E-state index contributed by atoms with van der Waals surface area (Å²) in [6.07, 6.45) is 1.80. The maximum absolute atomic E-state index is 12.1. The molecule has 1 heterocycles. The van der Waals surface area contributed by atoms with Gasteiger partial charge in [0, 0.05) is 19.6 Å². The second-order valence-corrected chi connectivity index (χ2v) is 8.90. The molecule has 2 rings (SSSR count). The fourth-order valence-electron chi connectivity index (χ4n) is 2.68. The molecule has 0 saturated carbocycles. The Labute approximate surface area is 139 Å². The van der Waals surface area contributed by atoms with Crippen LogP contribution in [0.5, 0.6) is 0 Å². The maximum atomic E-state index is 12.1. The molecule has 23 heavy (non-hydrogen) atoms. The Hall–Kier alpha value is -1.56. The van der Waals surface area contributed by atoms with Crippen molar-refractivity contribution in [1.82, 2.24) is 10.2 Å². The summed E-state index contributed by atoms with van der Waals surface area (Å²) in [6.45, 7) is 5.04. The molecule has 5 nitrogen and oxygen atoms in total. The summed E-state index contributed by atoms with van der Waals surface area (Å²) in [5.41, 5.74) is 1.26. The van der Waals surface area contributed by atoms with Gasteiger partial charge in [-0.25, -0.2) is 13.2 Å². The van der Waals surface area contributed by atoms with Crippen molar-refractivity contribution in [3.05, 3.63) is 35.9 Å². The summed E-state index contributed by atoms with van der Waals surface area (Å²) in [7, 11) is -3.07. The van der Waals surface area contributed by atoms with Gasteiger partial charge in [-0.1, -0.05) is 44.2 Å².